The van der Waals surface area contributed by atoms with E-state index < -0.39 is 0 Å². The Bertz CT molecular complexity index is 600. The molecular weight excluding hydrogens is 294 g/mol. The van der Waals surface area contributed by atoms with E-state index in [2.05, 4.69) is 10.4 Å². The van der Waals surface area contributed by atoms with Gasteiger partial charge in [0.05, 0.1) is 17.5 Å². The summed E-state index contributed by atoms with van der Waals surface area (Å²) < 4.78 is 6.19. The number of thiophene rings is 1. The highest BCUT2D eigenvalue weighted by molar-refractivity contribution is 7.16. The van der Waals surface area contributed by atoms with E-state index in [9.17, 15) is 0 Å². The lowest BCUT2D eigenvalue weighted by molar-refractivity contribution is 0.406. The molecule has 0 saturated heterocycles. The van der Waals surface area contributed by atoms with Gasteiger partial charge in [-0.2, -0.15) is 0 Å². The van der Waals surface area contributed by atoms with Crippen molar-refractivity contribution in [3.05, 3.63) is 44.4 Å². The molecule has 2 aromatic heterocycles. The number of nitrogens with zero attached hydrogens (tertiary/aromatic N) is 1. The number of nitrogens with one attached hydrogen (secondary N) is 1. The summed E-state index contributed by atoms with van der Waals surface area (Å²) in [5.41, 5.74) is 5.89. The second-order valence-corrected chi connectivity index (χ2v) is 6.36. The summed E-state index contributed by atoms with van der Waals surface area (Å²) >= 11 is 7.50. The lowest BCUT2D eigenvalue weighted by atomic mass is 10.0. The van der Waals surface area contributed by atoms with E-state index in [1.165, 1.54) is 11.3 Å². The van der Waals surface area contributed by atoms with Crippen LogP contribution in [0.15, 0.2) is 18.3 Å². The highest BCUT2D eigenvalue weighted by Crippen LogP contribution is 2.31. The van der Waals surface area contributed by atoms with E-state index >= 15 is 0 Å². The molecule has 3 N–H and O–H groups in total. The summed E-state index contributed by atoms with van der Waals surface area (Å²) in [5, 5.41) is 0. The van der Waals surface area contributed by atoms with Crippen LogP contribution in [-0.2, 0) is 6.42 Å². The van der Waals surface area contributed by atoms with Crippen molar-refractivity contribution in [2.45, 2.75) is 26.3 Å². The second kappa shape index (κ2) is 6.54. The first-order valence-electron chi connectivity index (χ1n) is 6.27. The smallest absolute Gasteiger partial charge is 0.128 e. The van der Waals surface area contributed by atoms with Gasteiger partial charge in [0.1, 0.15) is 5.75 Å². The maximum Gasteiger partial charge on any atom is 0.128 e. The molecule has 0 aliphatic heterocycles. The molecule has 0 spiro atoms. The van der Waals surface area contributed by atoms with Crippen LogP contribution >= 0.6 is 22.9 Å². The molecule has 0 aliphatic carbocycles. The third kappa shape index (κ3) is 3.12. The zero-order valence-corrected chi connectivity index (χ0v) is 13.3. The maximum absolute atomic E-state index is 5.98. The van der Waals surface area contributed by atoms with Crippen LogP contribution in [0.3, 0.4) is 0 Å². The fourth-order valence-electron chi connectivity index (χ4n) is 2.23. The van der Waals surface area contributed by atoms with Gasteiger partial charge < -0.3 is 4.74 Å². The largest absolute Gasteiger partial charge is 0.496 e. The molecule has 0 aliphatic rings. The summed E-state index contributed by atoms with van der Waals surface area (Å²) in [7, 11) is 1.68. The fourth-order valence-corrected chi connectivity index (χ4v) is 3.35. The van der Waals surface area contributed by atoms with Crippen molar-refractivity contribution in [3.8, 4) is 5.75 Å². The molecule has 6 heteroatoms. The van der Waals surface area contributed by atoms with Crippen molar-refractivity contribution in [1.29, 1.82) is 0 Å². The van der Waals surface area contributed by atoms with Gasteiger partial charge in [-0.3, -0.25) is 16.3 Å². The Morgan fingerprint density at radius 2 is 2.20 bits per heavy atom. The number of hydrogen-bond donors (Lipinski definition) is 2. The normalized spacial score (nSPS) is 12.4. The van der Waals surface area contributed by atoms with Crippen LogP contribution in [-0.4, -0.2) is 12.1 Å². The molecule has 2 rings (SSSR count). The molecular formula is C14H18ClN3OS. The maximum atomic E-state index is 5.98. The first-order chi connectivity index (χ1) is 9.56. The van der Waals surface area contributed by atoms with Gasteiger partial charge in [-0.15, -0.1) is 11.3 Å². The summed E-state index contributed by atoms with van der Waals surface area (Å²) in [6, 6.07) is 3.85. The molecule has 1 atom stereocenters. The SMILES string of the molecule is COc1c(C)cnc(CC(NN)c2ccc(Cl)s2)c1C. The van der Waals surface area contributed by atoms with E-state index in [4.69, 9.17) is 22.2 Å². The fraction of sp³-hybridized carbons (Fsp3) is 0.357. The average Bonchev–Trinajstić information content (AvgIpc) is 2.85. The van der Waals surface area contributed by atoms with Gasteiger partial charge in [0.2, 0.25) is 0 Å². The molecule has 0 radical (unpaired) electrons. The Morgan fingerprint density at radius 3 is 2.75 bits per heavy atom. The van der Waals surface area contributed by atoms with Crippen molar-refractivity contribution >= 4 is 22.9 Å². The number of aromatic nitrogens is 1. The van der Waals surface area contributed by atoms with Gasteiger partial charge in [-0.05, 0) is 26.0 Å². The Labute approximate surface area is 127 Å². The Balaban J connectivity index is 2.28. The summed E-state index contributed by atoms with van der Waals surface area (Å²) in [6.45, 7) is 4.00. The number of ether oxygens (including phenoxy) is 1. The van der Waals surface area contributed by atoms with Crippen LogP contribution in [0.25, 0.3) is 0 Å². The lowest BCUT2D eigenvalue weighted by Crippen LogP contribution is -2.29. The number of methoxy groups -OCH3 is 1. The van der Waals surface area contributed by atoms with Crippen LogP contribution in [0.4, 0.5) is 0 Å². The van der Waals surface area contributed by atoms with E-state index in [0.29, 0.717) is 6.42 Å². The molecule has 1 unspecified atom stereocenters. The van der Waals surface area contributed by atoms with Gasteiger partial charge >= 0.3 is 0 Å². The molecule has 0 amide bonds. The molecule has 4 nitrogen and oxygen atoms in total. The van der Waals surface area contributed by atoms with Crippen molar-refractivity contribution in [1.82, 2.24) is 10.4 Å². The number of hydrogen-bond acceptors (Lipinski definition) is 5. The topological polar surface area (TPSA) is 60.2 Å². The third-order valence-electron chi connectivity index (χ3n) is 3.29. The van der Waals surface area contributed by atoms with Crippen LogP contribution in [0.1, 0.15) is 27.7 Å². The average molecular weight is 312 g/mol. The molecule has 20 heavy (non-hydrogen) atoms. The number of aryl methyl sites for hydroxylation is 1. The third-order valence-corrected chi connectivity index (χ3v) is 4.63. The lowest BCUT2D eigenvalue weighted by Gasteiger charge is -2.17. The van der Waals surface area contributed by atoms with Crippen LogP contribution in [0, 0.1) is 13.8 Å². The predicted octanol–water partition coefficient (Wildman–Crippen LogP) is 3.17. The molecule has 2 aromatic rings. The zero-order valence-electron chi connectivity index (χ0n) is 11.7. The zero-order chi connectivity index (χ0) is 14.7. The van der Waals surface area contributed by atoms with Gasteiger partial charge in [-0.1, -0.05) is 11.6 Å². The number of nitrogens with two attached hydrogens (primary N) is 1. The highest BCUT2D eigenvalue weighted by atomic mass is 35.5. The minimum Gasteiger partial charge on any atom is -0.496 e. The summed E-state index contributed by atoms with van der Waals surface area (Å²) in [5.74, 6) is 6.55. The number of rotatable bonds is 5. The molecule has 0 bridgehead atoms. The van der Waals surface area contributed by atoms with Crippen LogP contribution in [0.5, 0.6) is 5.75 Å². The number of halogens is 1. The van der Waals surface area contributed by atoms with E-state index in [1.807, 2.05) is 32.2 Å². The Morgan fingerprint density at radius 1 is 1.45 bits per heavy atom. The minimum absolute atomic E-state index is 0.00823. The summed E-state index contributed by atoms with van der Waals surface area (Å²) in [4.78, 5) is 5.60. The van der Waals surface area contributed by atoms with E-state index in [-0.39, 0.29) is 6.04 Å². The Kier molecular flexibility index (Phi) is 4.99. The summed E-state index contributed by atoms with van der Waals surface area (Å²) in [6.07, 6.45) is 2.52. The molecule has 0 saturated carbocycles. The molecule has 0 fully saturated rings. The van der Waals surface area contributed by atoms with Gasteiger partial charge in [0, 0.05) is 34.3 Å². The Hall–Kier alpha value is -1.14. The highest BCUT2D eigenvalue weighted by Gasteiger charge is 2.17. The van der Waals surface area contributed by atoms with Crippen LogP contribution < -0.4 is 16.0 Å². The van der Waals surface area contributed by atoms with Gasteiger partial charge in [-0.25, -0.2) is 0 Å². The molecule has 0 aromatic carbocycles. The van der Waals surface area contributed by atoms with Crippen molar-refractivity contribution < 1.29 is 4.74 Å². The standard InChI is InChI=1S/C14H18ClN3OS/c1-8-7-17-10(9(2)14(8)19-3)6-11(18-16)12-4-5-13(15)20-12/h4-5,7,11,18H,6,16H2,1-3H3. The molecule has 2 heterocycles. The number of hydrazine groups is 1. The minimum atomic E-state index is -0.00823. The van der Waals surface area contributed by atoms with Gasteiger partial charge in [0.15, 0.2) is 0 Å². The first-order valence-corrected chi connectivity index (χ1v) is 7.46. The van der Waals surface area contributed by atoms with Crippen molar-refractivity contribution in [2.75, 3.05) is 7.11 Å². The van der Waals surface area contributed by atoms with Crippen molar-refractivity contribution in [3.63, 3.8) is 0 Å². The van der Waals surface area contributed by atoms with Crippen LogP contribution in [0.2, 0.25) is 4.34 Å². The van der Waals surface area contributed by atoms with Gasteiger partial charge in [0.25, 0.3) is 0 Å². The number of pyridine rings is 1. The molecule has 108 valence electrons. The quantitative estimate of drug-likeness (QED) is 0.658. The van der Waals surface area contributed by atoms with E-state index in [0.717, 1.165) is 31.8 Å². The first kappa shape index (κ1) is 15.3. The monoisotopic (exact) mass is 311 g/mol. The second-order valence-electron chi connectivity index (χ2n) is 4.61. The predicted molar refractivity (Wildman–Crippen MR) is 83.4 cm³/mol. The van der Waals surface area contributed by atoms with Crippen molar-refractivity contribution in [2.24, 2.45) is 5.84 Å². The van der Waals surface area contributed by atoms with E-state index in [1.54, 1.807) is 7.11 Å².